The van der Waals surface area contributed by atoms with Crippen LogP contribution in [-0.4, -0.2) is 15.0 Å². The van der Waals surface area contributed by atoms with Gasteiger partial charge in [0.15, 0.2) is 0 Å². The van der Waals surface area contributed by atoms with Gasteiger partial charge in [-0.25, -0.2) is 12.8 Å². The van der Waals surface area contributed by atoms with Crippen molar-refractivity contribution in [2.45, 2.75) is 11.8 Å². The number of sulfonamides is 1. The van der Waals surface area contributed by atoms with E-state index in [1.165, 1.54) is 13.0 Å². The predicted octanol–water partition coefficient (Wildman–Crippen LogP) is 0.936. The summed E-state index contributed by atoms with van der Waals surface area (Å²) in [7, 11) is -3.70. The minimum absolute atomic E-state index is 0.0448. The number of nitrogens with one attached hydrogen (secondary N) is 1. The van der Waals surface area contributed by atoms with Crippen molar-refractivity contribution < 1.29 is 12.8 Å². The van der Waals surface area contributed by atoms with E-state index >= 15 is 0 Å². The summed E-state index contributed by atoms with van der Waals surface area (Å²) in [5.41, 5.74) is 0.245. The maximum absolute atomic E-state index is 12.9. The number of nitriles is 1. The number of nitrogens with zero attached hydrogens (tertiary/aromatic N) is 1. The molecular formula is C9H9FN2O2S. The van der Waals surface area contributed by atoms with Gasteiger partial charge in [0.25, 0.3) is 0 Å². The van der Waals surface area contributed by atoms with E-state index in [-0.39, 0.29) is 17.0 Å². The summed E-state index contributed by atoms with van der Waals surface area (Å²) < 4.78 is 37.9. The Morgan fingerprint density at radius 3 is 2.73 bits per heavy atom. The van der Waals surface area contributed by atoms with Gasteiger partial charge in [-0.3, -0.25) is 0 Å². The van der Waals surface area contributed by atoms with Gasteiger partial charge >= 0.3 is 0 Å². The van der Waals surface area contributed by atoms with Crippen molar-refractivity contribution >= 4 is 10.0 Å². The van der Waals surface area contributed by atoms with Gasteiger partial charge in [-0.05, 0) is 30.7 Å². The molecule has 0 atom stereocenters. The van der Waals surface area contributed by atoms with Crippen molar-refractivity contribution in [3.63, 3.8) is 0 Å². The maximum atomic E-state index is 12.9. The van der Waals surface area contributed by atoms with Gasteiger partial charge < -0.3 is 0 Å². The average Bonchev–Trinajstić information content (AvgIpc) is 2.19. The largest absolute Gasteiger partial charge is 0.241 e. The number of benzene rings is 1. The minimum Gasteiger partial charge on any atom is -0.207 e. The molecule has 1 N–H and O–H groups in total. The molecular weight excluding hydrogens is 219 g/mol. The van der Waals surface area contributed by atoms with Gasteiger partial charge in [-0.1, -0.05) is 0 Å². The van der Waals surface area contributed by atoms with Crippen LogP contribution in [0.25, 0.3) is 0 Å². The van der Waals surface area contributed by atoms with Crippen molar-refractivity contribution in [3.05, 3.63) is 29.6 Å². The van der Waals surface area contributed by atoms with Gasteiger partial charge in [0.1, 0.15) is 5.82 Å². The van der Waals surface area contributed by atoms with Crippen molar-refractivity contribution in [2.75, 3.05) is 6.54 Å². The Morgan fingerprint density at radius 1 is 1.53 bits per heavy atom. The smallest absolute Gasteiger partial charge is 0.207 e. The summed E-state index contributed by atoms with van der Waals surface area (Å²) in [5, 5.41) is 8.24. The lowest BCUT2D eigenvalue weighted by atomic mass is 10.2. The third-order valence-electron chi connectivity index (χ3n) is 1.78. The molecule has 0 heterocycles. The van der Waals surface area contributed by atoms with E-state index in [2.05, 4.69) is 4.72 Å². The molecule has 0 fully saturated rings. The zero-order valence-electron chi connectivity index (χ0n) is 7.99. The summed E-state index contributed by atoms with van der Waals surface area (Å²) in [5.74, 6) is -0.464. The molecule has 4 nitrogen and oxygen atoms in total. The van der Waals surface area contributed by atoms with Gasteiger partial charge in [0, 0.05) is 0 Å². The Hall–Kier alpha value is -1.45. The van der Waals surface area contributed by atoms with Gasteiger partial charge in [-0.15, -0.1) is 0 Å². The van der Waals surface area contributed by atoms with E-state index in [0.717, 1.165) is 12.1 Å². The van der Waals surface area contributed by atoms with Crippen LogP contribution < -0.4 is 4.72 Å². The molecule has 0 bridgehead atoms. The monoisotopic (exact) mass is 228 g/mol. The fourth-order valence-corrected chi connectivity index (χ4v) is 2.00. The van der Waals surface area contributed by atoms with E-state index in [9.17, 15) is 12.8 Å². The van der Waals surface area contributed by atoms with Crippen LogP contribution in [-0.2, 0) is 10.0 Å². The molecule has 0 aliphatic carbocycles. The first-order valence-electron chi connectivity index (χ1n) is 4.10. The van der Waals surface area contributed by atoms with Crippen LogP contribution in [0.2, 0.25) is 0 Å². The second-order valence-electron chi connectivity index (χ2n) is 2.89. The second-order valence-corrected chi connectivity index (χ2v) is 4.66. The Kier molecular flexibility index (Phi) is 3.39. The van der Waals surface area contributed by atoms with Crippen molar-refractivity contribution in [2.24, 2.45) is 0 Å². The lowest BCUT2D eigenvalue weighted by Gasteiger charge is -2.04. The van der Waals surface area contributed by atoms with Crippen LogP contribution in [0.5, 0.6) is 0 Å². The predicted molar refractivity (Wildman–Crippen MR) is 51.9 cm³/mol. The SMILES string of the molecule is Cc1cc(S(=O)(=O)NCC#N)ccc1F. The van der Waals surface area contributed by atoms with E-state index < -0.39 is 15.8 Å². The lowest BCUT2D eigenvalue weighted by molar-refractivity contribution is 0.584. The van der Waals surface area contributed by atoms with E-state index in [1.54, 1.807) is 6.07 Å². The zero-order chi connectivity index (χ0) is 11.5. The molecule has 0 aliphatic heterocycles. The van der Waals surface area contributed by atoms with E-state index in [0.29, 0.717) is 0 Å². The fourth-order valence-electron chi connectivity index (χ4n) is 0.995. The van der Waals surface area contributed by atoms with E-state index in [1.807, 2.05) is 0 Å². The lowest BCUT2D eigenvalue weighted by Crippen LogP contribution is -2.24. The normalized spacial score (nSPS) is 11.0. The highest BCUT2D eigenvalue weighted by Gasteiger charge is 2.14. The summed E-state index contributed by atoms with van der Waals surface area (Å²) in [6.45, 7) is 1.16. The molecule has 1 aromatic rings. The van der Waals surface area contributed by atoms with Crippen LogP contribution in [0.3, 0.4) is 0 Å². The molecule has 0 unspecified atom stereocenters. The first-order chi connectivity index (χ1) is 6.97. The molecule has 6 heteroatoms. The number of hydrogen-bond donors (Lipinski definition) is 1. The van der Waals surface area contributed by atoms with Crippen LogP contribution in [0, 0.1) is 24.1 Å². The highest BCUT2D eigenvalue weighted by molar-refractivity contribution is 7.89. The van der Waals surface area contributed by atoms with Crippen molar-refractivity contribution in [3.8, 4) is 6.07 Å². The maximum Gasteiger partial charge on any atom is 0.241 e. The van der Waals surface area contributed by atoms with Gasteiger partial charge in [0.2, 0.25) is 10.0 Å². The molecule has 80 valence electrons. The van der Waals surface area contributed by atoms with E-state index in [4.69, 9.17) is 5.26 Å². The molecule has 0 saturated heterocycles. The molecule has 0 saturated carbocycles. The molecule has 0 aromatic heterocycles. The third-order valence-corrected chi connectivity index (χ3v) is 3.18. The molecule has 0 spiro atoms. The third kappa shape index (κ3) is 2.75. The number of hydrogen-bond acceptors (Lipinski definition) is 3. The Bertz CT molecular complexity index is 505. The van der Waals surface area contributed by atoms with Gasteiger partial charge in [-0.2, -0.15) is 9.98 Å². The molecule has 0 radical (unpaired) electrons. The number of rotatable bonds is 3. The highest BCUT2D eigenvalue weighted by atomic mass is 32.2. The summed E-state index contributed by atoms with van der Waals surface area (Å²) in [6.07, 6.45) is 0. The quantitative estimate of drug-likeness (QED) is 0.782. The molecule has 15 heavy (non-hydrogen) atoms. The fraction of sp³-hybridized carbons (Fsp3) is 0.222. The Morgan fingerprint density at radius 2 is 2.20 bits per heavy atom. The Balaban J connectivity index is 3.07. The molecule has 0 aliphatic rings. The van der Waals surface area contributed by atoms with Crippen molar-refractivity contribution in [1.29, 1.82) is 5.26 Å². The first-order valence-corrected chi connectivity index (χ1v) is 5.58. The average molecular weight is 228 g/mol. The van der Waals surface area contributed by atoms with Crippen LogP contribution in [0.1, 0.15) is 5.56 Å². The topological polar surface area (TPSA) is 70.0 Å². The summed E-state index contributed by atoms with van der Waals surface area (Å²) in [4.78, 5) is -0.0448. The number of halogens is 1. The first kappa shape index (κ1) is 11.6. The zero-order valence-corrected chi connectivity index (χ0v) is 8.81. The highest BCUT2D eigenvalue weighted by Crippen LogP contribution is 2.13. The second kappa shape index (κ2) is 4.38. The van der Waals surface area contributed by atoms with Crippen LogP contribution >= 0.6 is 0 Å². The summed E-state index contributed by atoms with van der Waals surface area (Å²) >= 11 is 0. The molecule has 1 aromatic carbocycles. The standard InChI is InChI=1S/C9H9FN2O2S/c1-7-6-8(2-3-9(7)10)15(13,14)12-5-4-11/h2-3,6,12H,5H2,1H3. The van der Waals surface area contributed by atoms with Crippen molar-refractivity contribution in [1.82, 2.24) is 4.72 Å². The van der Waals surface area contributed by atoms with Gasteiger partial charge in [0.05, 0.1) is 17.5 Å². The number of aryl methyl sites for hydroxylation is 1. The summed E-state index contributed by atoms with van der Waals surface area (Å²) in [6, 6.07) is 5.11. The van der Waals surface area contributed by atoms with Crippen LogP contribution in [0.4, 0.5) is 4.39 Å². The molecule has 0 amide bonds. The van der Waals surface area contributed by atoms with Crippen LogP contribution in [0.15, 0.2) is 23.1 Å². The Labute approximate surface area is 87.4 Å². The minimum atomic E-state index is -3.70. The molecule has 1 rings (SSSR count).